The lowest BCUT2D eigenvalue weighted by atomic mass is 9.93. The van der Waals surface area contributed by atoms with Gasteiger partial charge in [0.05, 0.1) is 20.3 Å². The molecular weight excluding hydrogens is 356 g/mol. The number of rotatable bonds is 5. The van der Waals surface area contributed by atoms with Crippen molar-refractivity contribution in [2.45, 2.75) is 24.2 Å². The van der Waals surface area contributed by atoms with E-state index >= 15 is 0 Å². The van der Waals surface area contributed by atoms with Crippen LogP contribution in [0.15, 0.2) is 35.2 Å². The Balaban J connectivity index is 1.84. The van der Waals surface area contributed by atoms with E-state index in [1.807, 2.05) is 6.08 Å². The summed E-state index contributed by atoms with van der Waals surface area (Å²) in [5.74, 6) is 0.0886. The summed E-state index contributed by atoms with van der Waals surface area (Å²) in [6.07, 6.45) is 6.48. The van der Waals surface area contributed by atoms with E-state index in [9.17, 15) is 13.2 Å². The molecule has 0 spiro atoms. The van der Waals surface area contributed by atoms with Gasteiger partial charge >= 0.3 is 0 Å². The molecule has 1 saturated heterocycles. The van der Waals surface area contributed by atoms with Crippen LogP contribution in [-0.2, 0) is 19.6 Å². The Morgan fingerprint density at radius 1 is 1.27 bits per heavy atom. The normalized spacial score (nSPS) is 21.3. The van der Waals surface area contributed by atoms with Crippen LogP contribution >= 0.6 is 0 Å². The fraction of sp³-hybridized carbons (Fsp3) is 0.500. The van der Waals surface area contributed by atoms with Gasteiger partial charge in [-0.25, -0.2) is 8.42 Å². The van der Waals surface area contributed by atoms with Crippen molar-refractivity contribution >= 4 is 21.6 Å². The molecule has 8 heteroatoms. The van der Waals surface area contributed by atoms with Gasteiger partial charge in [-0.2, -0.15) is 4.31 Å². The van der Waals surface area contributed by atoms with Gasteiger partial charge in [0, 0.05) is 24.7 Å². The lowest BCUT2D eigenvalue weighted by Crippen LogP contribution is -2.40. The van der Waals surface area contributed by atoms with Crippen LogP contribution in [0, 0.1) is 5.92 Å². The zero-order valence-electron chi connectivity index (χ0n) is 14.8. The third-order valence-corrected chi connectivity index (χ3v) is 6.58. The van der Waals surface area contributed by atoms with E-state index in [1.165, 1.54) is 17.5 Å². The summed E-state index contributed by atoms with van der Waals surface area (Å²) in [4.78, 5) is 12.5. The lowest BCUT2D eigenvalue weighted by molar-refractivity contribution is -0.120. The molecule has 2 aliphatic rings. The average Bonchev–Trinajstić information content (AvgIpc) is 2.69. The van der Waals surface area contributed by atoms with E-state index in [-0.39, 0.29) is 22.5 Å². The first-order valence-electron chi connectivity index (χ1n) is 8.74. The van der Waals surface area contributed by atoms with Crippen LogP contribution in [0.5, 0.6) is 5.75 Å². The molecule has 142 valence electrons. The molecule has 1 aromatic rings. The van der Waals surface area contributed by atoms with Crippen molar-refractivity contribution in [3.05, 3.63) is 30.4 Å². The Morgan fingerprint density at radius 3 is 2.69 bits per heavy atom. The molecule has 0 bridgehead atoms. The Bertz CT molecular complexity index is 785. The molecule has 3 rings (SSSR count). The van der Waals surface area contributed by atoms with E-state index in [0.717, 1.165) is 12.8 Å². The van der Waals surface area contributed by atoms with Gasteiger partial charge in [0.2, 0.25) is 15.9 Å². The summed E-state index contributed by atoms with van der Waals surface area (Å²) in [6, 6.07) is 4.71. The molecule has 7 nitrogen and oxygen atoms in total. The van der Waals surface area contributed by atoms with Crippen molar-refractivity contribution in [1.82, 2.24) is 4.31 Å². The van der Waals surface area contributed by atoms with Crippen LogP contribution in [0.3, 0.4) is 0 Å². The summed E-state index contributed by atoms with van der Waals surface area (Å²) >= 11 is 0. The van der Waals surface area contributed by atoms with Crippen LogP contribution in [0.25, 0.3) is 0 Å². The molecule has 1 aliphatic carbocycles. The van der Waals surface area contributed by atoms with E-state index in [4.69, 9.17) is 9.47 Å². The van der Waals surface area contributed by atoms with Crippen molar-refractivity contribution in [1.29, 1.82) is 0 Å². The molecule has 26 heavy (non-hydrogen) atoms. The summed E-state index contributed by atoms with van der Waals surface area (Å²) in [5.41, 5.74) is 0.456. The number of benzene rings is 1. The SMILES string of the molecule is COc1ccc(NC(=O)[C@H]2CC=CCC2)cc1S(=O)(=O)N1CCOCC1. The lowest BCUT2D eigenvalue weighted by Gasteiger charge is -2.27. The van der Waals surface area contributed by atoms with Crippen LogP contribution in [0.1, 0.15) is 19.3 Å². The number of sulfonamides is 1. The second-order valence-corrected chi connectivity index (χ2v) is 8.26. The van der Waals surface area contributed by atoms with E-state index in [2.05, 4.69) is 11.4 Å². The fourth-order valence-corrected chi connectivity index (χ4v) is 4.75. The molecule has 1 aliphatic heterocycles. The summed E-state index contributed by atoms with van der Waals surface area (Å²) in [6.45, 7) is 1.34. The third-order valence-electron chi connectivity index (χ3n) is 4.66. The first-order chi connectivity index (χ1) is 12.5. The summed E-state index contributed by atoms with van der Waals surface area (Å²) in [7, 11) is -2.29. The predicted molar refractivity (Wildman–Crippen MR) is 97.7 cm³/mol. The smallest absolute Gasteiger partial charge is 0.246 e. The molecule has 1 heterocycles. The van der Waals surface area contributed by atoms with Gasteiger partial charge in [0.1, 0.15) is 10.6 Å². The van der Waals surface area contributed by atoms with Crippen LogP contribution in [0.2, 0.25) is 0 Å². The fourth-order valence-electron chi connectivity index (χ4n) is 3.16. The molecular formula is C18H24N2O5S. The van der Waals surface area contributed by atoms with Crippen molar-refractivity contribution in [2.24, 2.45) is 5.92 Å². The zero-order chi connectivity index (χ0) is 18.6. The molecule has 0 aromatic heterocycles. The largest absolute Gasteiger partial charge is 0.495 e. The minimum Gasteiger partial charge on any atom is -0.495 e. The number of methoxy groups -OCH3 is 1. The molecule has 1 aromatic carbocycles. The Kier molecular flexibility index (Phi) is 5.95. The quantitative estimate of drug-likeness (QED) is 0.790. The standard InChI is InChI=1S/C18H24N2O5S/c1-24-16-8-7-15(19-18(21)14-5-3-2-4-6-14)13-17(16)26(22,23)20-9-11-25-12-10-20/h2-3,7-8,13-14H,4-6,9-12H2,1H3,(H,19,21)/t14-/m0/s1. The number of hydrogen-bond donors (Lipinski definition) is 1. The molecule has 1 atom stereocenters. The Hall–Kier alpha value is -1.90. The van der Waals surface area contributed by atoms with Crippen molar-refractivity contribution in [3.63, 3.8) is 0 Å². The van der Waals surface area contributed by atoms with Crippen LogP contribution < -0.4 is 10.1 Å². The molecule has 0 saturated carbocycles. The second-order valence-electron chi connectivity index (χ2n) is 6.35. The third kappa shape index (κ3) is 4.08. The number of hydrogen-bond acceptors (Lipinski definition) is 5. The highest BCUT2D eigenvalue weighted by molar-refractivity contribution is 7.89. The molecule has 0 unspecified atom stereocenters. The van der Waals surface area contributed by atoms with Crippen LogP contribution in [-0.4, -0.2) is 52.0 Å². The number of carbonyl (C=O) groups is 1. The van der Waals surface area contributed by atoms with E-state index in [1.54, 1.807) is 12.1 Å². The van der Waals surface area contributed by atoms with E-state index < -0.39 is 10.0 Å². The zero-order valence-corrected chi connectivity index (χ0v) is 15.6. The molecule has 1 N–H and O–H groups in total. The van der Waals surface area contributed by atoms with Gasteiger partial charge in [-0.05, 0) is 37.5 Å². The van der Waals surface area contributed by atoms with Gasteiger partial charge in [-0.3, -0.25) is 4.79 Å². The highest BCUT2D eigenvalue weighted by atomic mass is 32.2. The van der Waals surface area contributed by atoms with E-state index in [0.29, 0.717) is 38.4 Å². The maximum absolute atomic E-state index is 13.0. The minimum atomic E-state index is -3.72. The Morgan fingerprint density at radius 2 is 2.04 bits per heavy atom. The first-order valence-corrected chi connectivity index (χ1v) is 10.2. The van der Waals surface area contributed by atoms with Gasteiger partial charge in [-0.1, -0.05) is 12.2 Å². The predicted octanol–water partition coefficient (Wildman–Crippen LogP) is 2.01. The number of allylic oxidation sites excluding steroid dienone is 2. The number of carbonyl (C=O) groups excluding carboxylic acids is 1. The van der Waals surface area contributed by atoms with Crippen molar-refractivity contribution in [3.8, 4) is 5.75 Å². The number of nitrogens with one attached hydrogen (secondary N) is 1. The number of amides is 1. The van der Waals surface area contributed by atoms with Gasteiger partial charge in [0.25, 0.3) is 0 Å². The van der Waals surface area contributed by atoms with Gasteiger partial charge in [-0.15, -0.1) is 0 Å². The second kappa shape index (κ2) is 8.20. The monoisotopic (exact) mass is 380 g/mol. The highest BCUT2D eigenvalue weighted by Crippen LogP contribution is 2.30. The maximum atomic E-state index is 13.0. The summed E-state index contributed by atoms with van der Waals surface area (Å²) < 4.78 is 37.8. The topological polar surface area (TPSA) is 84.9 Å². The molecule has 1 amide bonds. The number of ether oxygens (including phenoxy) is 2. The van der Waals surface area contributed by atoms with Gasteiger partial charge < -0.3 is 14.8 Å². The summed E-state index contributed by atoms with van der Waals surface area (Å²) in [5, 5.41) is 2.84. The van der Waals surface area contributed by atoms with Crippen molar-refractivity contribution < 1.29 is 22.7 Å². The number of anilines is 1. The number of nitrogens with zero attached hydrogens (tertiary/aromatic N) is 1. The molecule has 1 fully saturated rings. The highest BCUT2D eigenvalue weighted by Gasteiger charge is 2.30. The average molecular weight is 380 g/mol. The van der Waals surface area contributed by atoms with Crippen LogP contribution in [0.4, 0.5) is 5.69 Å². The maximum Gasteiger partial charge on any atom is 0.246 e. The Labute approximate surface area is 154 Å². The minimum absolute atomic E-state index is 0.0586. The van der Waals surface area contributed by atoms with Crippen molar-refractivity contribution in [2.75, 3.05) is 38.7 Å². The molecule has 0 radical (unpaired) electrons. The number of morpholine rings is 1. The first kappa shape index (κ1) is 18.9. The van der Waals surface area contributed by atoms with Gasteiger partial charge in [0.15, 0.2) is 0 Å².